The first-order valence-corrected chi connectivity index (χ1v) is 9.17. The van der Waals surface area contributed by atoms with E-state index in [1.165, 1.54) is 0 Å². The predicted octanol–water partition coefficient (Wildman–Crippen LogP) is 4.74. The van der Waals surface area contributed by atoms with Gasteiger partial charge in [-0.2, -0.15) is 0 Å². The number of hydrogen-bond acceptors (Lipinski definition) is 3. The van der Waals surface area contributed by atoms with Crippen molar-refractivity contribution in [3.63, 3.8) is 0 Å². The van der Waals surface area contributed by atoms with E-state index in [1.807, 2.05) is 48.5 Å². The topological polar surface area (TPSA) is 42.0 Å². The number of carbonyl (C=O) groups is 1. The van der Waals surface area contributed by atoms with Crippen LogP contribution in [0.4, 0.5) is 0 Å². The Kier molecular flexibility index (Phi) is 5.26. The van der Waals surface area contributed by atoms with Crippen molar-refractivity contribution >= 4 is 27.5 Å². The van der Waals surface area contributed by atoms with Crippen molar-refractivity contribution in [2.75, 3.05) is 0 Å². The number of amides is 1. The fourth-order valence-corrected chi connectivity index (χ4v) is 3.81. The lowest BCUT2D eigenvalue weighted by molar-refractivity contribution is -0.123. The van der Waals surface area contributed by atoms with Crippen molar-refractivity contribution < 1.29 is 4.79 Å². The highest BCUT2D eigenvalue weighted by Gasteiger charge is 2.25. The molecule has 3 aromatic rings. The second-order valence-electron chi connectivity index (χ2n) is 6.07. The largest absolute Gasteiger partial charge is 0.349 e. The number of rotatable bonds is 6. The van der Waals surface area contributed by atoms with Gasteiger partial charge in [0.05, 0.1) is 22.7 Å². The zero-order chi connectivity index (χ0) is 16.9. The lowest BCUT2D eigenvalue weighted by Gasteiger charge is -2.22. The summed E-state index contributed by atoms with van der Waals surface area (Å²) in [7, 11) is 0. The number of carbonyl (C=O) groups excluding carboxylic acids is 1. The normalized spacial score (nSPS) is 13.6. The third-order valence-electron chi connectivity index (χ3n) is 4.41. The van der Waals surface area contributed by atoms with Gasteiger partial charge in [0.25, 0.3) is 0 Å². The van der Waals surface area contributed by atoms with E-state index in [1.54, 1.807) is 11.3 Å². The first kappa shape index (κ1) is 16.7. The third kappa shape index (κ3) is 3.65. The highest BCUT2D eigenvalue weighted by Crippen LogP contribution is 2.27. The molecule has 0 spiro atoms. The van der Waals surface area contributed by atoms with Crippen LogP contribution in [0.2, 0.25) is 0 Å². The molecule has 1 heterocycles. The van der Waals surface area contributed by atoms with Gasteiger partial charge in [-0.15, -0.1) is 11.3 Å². The molecule has 2 atom stereocenters. The van der Waals surface area contributed by atoms with E-state index in [9.17, 15) is 4.79 Å². The van der Waals surface area contributed by atoms with Gasteiger partial charge in [-0.05, 0) is 23.6 Å². The highest BCUT2D eigenvalue weighted by molar-refractivity contribution is 7.18. The molecule has 3 rings (SSSR count). The van der Waals surface area contributed by atoms with Gasteiger partial charge in [0, 0.05) is 0 Å². The highest BCUT2D eigenvalue weighted by atomic mass is 32.1. The van der Waals surface area contributed by atoms with E-state index in [2.05, 4.69) is 30.2 Å². The first-order chi connectivity index (χ1) is 11.7. The first-order valence-electron chi connectivity index (χ1n) is 8.36. The number of benzene rings is 2. The minimum Gasteiger partial charge on any atom is -0.349 e. The van der Waals surface area contributed by atoms with Crippen LogP contribution in [0.1, 0.15) is 36.8 Å². The quantitative estimate of drug-likeness (QED) is 0.705. The zero-order valence-electron chi connectivity index (χ0n) is 14.0. The third-order valence-corrected chi connectivity index (χ3v) is 5.44. The van der Waals surface area contributed by atoms with Crippen LogP contribution >= 0.6 is 11.3 Å². The maximum absolute atomic E-state index is 12.8. The molecule has 1 aromatic heterocycles. The molecule has 2 unspecified atom stereocenters. The number of thiazole rings is 1. The Bertz CT molecular complexity index is 780. The molecule has 1 N–H and O–H groups in total. The second kappa shape index (κ2) is 7.58. The molecular formula is C20H22N2OS. The summed E-state index contributed by atoms with van der Waals surface area (Å²) in [5.41, 5.74) is 2.07. The van der Waals surface area contributed by atoms with Crippen LogP contribution in [-0.2, 0) is 11.3 Å². The predicted molar refractivity (Wildman–Crippen MR) is 100 cm³/mol. The molecule has 0 aliphatic rings. The second-order valence-corrected chi connectivity index (χ2v) is 7.18. The molecule has 0 radical (unpaired) electrons. The number of nitrogens with one attached hydrogen (secondary N) is 1. The van der Waals surface area contributed by atoms with Gasteiger partial charge >= 0.3 is 0 Å². The van der Waals surface area contributed by atoms with E-state index in [4.69, 9.17) is 0 Å². The van der Waals surface area contributed by atoms with Gasteiger partial charge in [-0.25, -0.2) is 4.98 Å². The number of hydrogen-bond donors (Lipinski definition) is 1. The fourth-order valence-electron chi connectivity index (χ4n) is 2.90. The van der Waals surface area contributed by atoms with Crippen LogP contribution in [0.5, 0.6) is 0 Å². The Morgan fingerprint density at radius 3 is 2.54 bits per heavy atom. The van der Waals surface area contributed by atoms with Gasteiger partial charge in [0.2, 0.25) is 5.91 Å². The Balaban J connectivity index is 1.73. The van der Waals surface area contributed by atoms with Crippen LogP contribution in [0.15, 0.2) is 54.6 Å². The SMILES string of the molecule is CCC(C)C(C(=O)NCc1nc2ccccc2s1)c1ccccc1. The minimum absolute atomic E-state index is 0.0785. The van der Waals surface area contributed by atoms with Crippen LogP contribution in [0.25, 0.3) is 10.2 Å². The molecule has 3 nitrogen and oxygen atoms in total. The average Bonchev–Trinajstić information content (AvgIpc) is 3.04. The number of fused-ring (bicyclic) bond motifs is 1. The van der Waals surface area contributed by atoms with Gasteiger partial charge in [-0.1, -0.05) is 62.7 Å². The summed E-state index contributed by atoms with van der Waals surface area (Å²) in [6.07, 6.45) is 0.966. The summed E-state index contributed by atoms with van der Waals surface area (Å²) >= 11 is 1.64. The molecule has 0 fully saturated rings. The van der Waals surface area contributed by atoms with E-state index in [0.29, 0.717) is 12.5 Å². The van der Waals surface area contributed by atoms with E-state index in [0.717, 1.165) is 27.2 Å². The van der Waals surface area contributed by atoms with Crippen LogP contribution < -0.4 is 5.32 Å². The molecule has 24 heavy (non-hydrogen) atoms. The van der Waals surface area contributed by atoms with Crippen molar-refractivity contribution in [1.82, 2.24) is 10.3 Å². The van der Waals surface area contributed by atoms with Crippen molar-refractivity contribution in [1.29, 1.82) is 0 Å². The molecule has 0 saturated carbocycles. The Hall–Kier alpha value is -2.20. The standard InChI is InChI=1S/C20H22N2OS/c1-3-14(2)19(15-9-5-4-6-10-15)20(23)21-13-18-22-16-11-7-8-12-17(16)24-18/h4-12,14,19H,3,13H2,1-2H3,(H,21,23). The number of aromatic nitrogens is 1. The van der Waals surface area contributed by atoms with Crippen LogP contribution in [0, 0.1) is 5.92 Å². The average molecular weight is 338 g/mol. The zero-order valence-corrected chi connectivity index (χ0v) is 14.8. The summed E-state index contributed by atoms with van der Waals surface area (Å²) in [5, 5.41) is 4.03. The van der Waals surface area contributed by atoms with Crippen LogP contribution in [0.3, 0.4) is 0 Å². The molecule has 0 saturated heterocycles. The summed E-state index contributed by atoms with van der Waals surface area (Å²) in [6.45, 7) is 4.74. The molecule has 2 aromatic carbocycles. The monoisotopic (exact) mass is 338 g/mol. The van der Waals surface area contributed by atoms with Gasteiger partial charge < -0.3 is 5.32 Å². The fraction of sp³-hybridized carbons (Fsp3) is 0.300. The molecule has 124 valence electrons. The van der Waals surface area contributed by atoms with Gasteiger partial charge in [0.15, 0.2) is 0 Å². The molecule has 0 aliphatic carbocycles. The Morgan fingerprint density at radius 1 is 1.12 bits per heavy atom. The number of nitrogens with zero attached hydrogens (tertiary/aromatic N) is 1. The van der Waals surface area contributed by atoms with Gasteiger partial charge in [0.1, 0.15) is 5.01 Å². The summed E-state index contributed by atoms with van der Waals surface area (Å²) in [6, 6.07) is 18.1. The maximum Gasteiger partial charge on any atom is 0.228 e. The van der Waals surface area contributed by atoms with Crippen molar-refractivity contribution in [3.05, 3.63) is 65.2 Å². The van der Waals surface area contributed by atoms with E-state index >= 15 is 0 Å². The van der Waals surface area contributed by atoms with Gasteiger partial charge in [-0.3, -0.25) is 4.79 Å². The molecule has 0 aliphatic heterocycles. The maximum atomic E-state index is 12.8. The number of para-hydroxylation sites is 1. The minimum atomic E-state index is -0.120. The summed E-state index contributed by atoms with van der Waals surface area (Å²) < 4.78 is 1.16. The Morgan fingerprint density at radius 2 is 1.83 bits per heavy atom. The lowest BCUT2D eigenvalue weighted by Crippen LogP contribution is -2.32. The Labute approximate surface area is 146 Å². The van der Waals surface area contributed by atoms with E-state index in [-0.39, 0.29) is 11.8 Å². The lowest BCUT2D eigenvalue weighted by atomic mass is 9.85. The van der Waals surface area contributed by atoms with Crippen molar-refractivity contribution in [2.24, 2.45) is 5.92 Å². The molecule has 4 heteroatoms. The summed E-state index contributed by atoms with van der Waals surface area (Å²) in [4.78, 5) is 17.4. The molecule has 0 bridgehead atoms. The van der Waals surface area contributed by atoms with Crippen LogP contribution in [-0.4, -0.2) is 10.9 Å². The molecular weight excluding hydrogens is 316 g/mol. The van der Waals surface area contributed by atoms with Crippen molar-refractivity contribution in [2.45, 2.75) is 32.7 Å². The molecule has 1 amide bonds. The summed E-state index contributed by atoms with van der Waals surface area (Å²) in [5.74, 6) is 0.253. The van der Waals surface area contributed by atoms with Crippen molar-refractivity contribution in [3.8, 4) is 0 Å². The smallest absolute Gasteiger partial charge is 0.228 e. The van der Waals surface area contributed by atoms with E-state index < -0.39 is 0 Å².